The van der Waals surface area contributed by atoms with E-state index < -0.39 is 0 Å². The number of aromatic nitrogens is 1. The Bertz CT molecular complexity index is 1340. The lowest BCUT2D eigenvalue weighted by molar-refractivity contribution is 0.194. The van der Waals surface area contributed by atoms with E-state index in [1.54, 1.807) is 0 Å². The monoisotopic (exact) mass is 467 g/mol. The van der Waals surface area contributed by atoms with Crippen molar-refractivity contribution in [3.63, 3.8) is 0 Å². The minimum atomic E-state index is -0.163. The van der Waals surface area contributed by atoms with Gasteiger partial charge in [-0.15, -0.1) is 11.3 Å². The summed E-state index contributed by atoms with van der Waals surface area (Å²) in [4.78, 5) is 17.6. The summed E-state index contributed by atoms with van der Waals surface area (Å²) in [5.41, 5.74) is 7.13. The quantitative estimate of drug-likeness (QED) is 0.342. The lowest BCUT2D eigenvalue weighted by atomic mass is 9.95. The normalized spacial score (nSPS) is 16.9. The average Bonchev–Trinajstić information content (AvgIpc) is 3.46. The van der Waals surface area contributed by atoms with Crippen molar-refractivity contribution in [3.05, 3.63) is 106 Å². The molecule has 4 aromatic rings. The molecule has 1 N–H and O–H groups in total. The van der Waals surface area contributed by atoms with Gasteiger partial charge < -0.3 is 14.8 Å². The summed E-state index contributed by atoms with van der Waals surface area (Å²) in [6.45, 7) is 2.74. The predicted octanol–water partition coefficient (Wildman–Crippen LogP) is 7.12. The molecule has 3 heterocycles. The van der Waals surface area contributed by atoms with Crippen molar-refractivity contribution in [3.8, 4) is 5.00 Å². The number of hydrogen-bond donors (Lipinski definition) is 1. The first-order valence-electron chi connectivity index (χ1n) is 12.3. The number of carbonyl (C=O) groups is 1. The molecule has 6 rings (SSSR count). The van der Waals surface area contributed by atoms with Crippen LogP contribution in [0.25, 0.3) is 5.00 Å². The highest BCUT2D eigenvalue weighted by molar-refractivity contribution is 7.15. The molecule has 5 heteroatoms. The van der Waals surface area contributed by atoms with Gasteiger partial charge in [0.1, 0.15) is 5.00 Å². The molecule has 0 saturated carbocycles. The molecule has 0 fully saturated rings. The van der Waals surface area contributed by atoms with Crippen molar-refractivity contribution in [1.82, 2.24) is 9.47 Å². The van der Waals surface area contributed by atoms with Crippen LogP contribution in [0, 0.1) is 0 Å². The largest absolute Gasteiger partial charge is 0.322 e. The SMILES string of the molecule is CCc1ccccc1NC(=O)N1Cc2c(sc3c2CCCC3)-n2cccc2[C@H]1c1ccccc1. The van der Waals surface area contributed by atoms with Gasteiger partial charge in [0.2, 0.25) is 0 Å². The van der Waals surface area contributed by atoms with Crippen LogP contribution in [0.3, 0.4) is 0 Å². The molecular formula is C29H29N3OS. The molecule has 1 aliphatic carbocycles. The molecule has 1 atom stereocenters. The third kappa shape index (κ3) is 3.55. The Morgan fingerprint density at radius 1 is 0.971 bits per heavy atom. The van der Waals surface area contributed by atoms with E-state index in [0.717, 1.165) is 41.8 Å². The van der Waals surface area contributed by atoms with Crippen LogP contribution in [-0.4, -0.2) is 15.5 Å². The highest BCUT2D eigenvalue weighted by Gasteiger charge is 2.36. The minimum absolute atomic E-state index is 0.0499. The van der Waals surface area contributed by atoms with Crippen LogP contribution in [0.5, 0.6) is 0 Å². The molecule has 2 aliphatic rings. The van der Waals surface area contributed by atoms with Crippen LogP contribution < -0.4 is 5.32 Å². The molecular weight excluding hydrogens is 438 g/mol. The van der Waals surface area contributed by atoms with Crippen LogP contribution in [0.2, 0.25) is 0 Å². The molecule has 0 bridgehead atoms. The van der Waals surface area contributed by atoms with Gasteiger partial charge in [0.25, 0.3) is 0 Å². The Kier molecular flexibility index (Phi) is 5.50. The van der Waals surface area contributed by atoms with Crippen molar-refractivity contribution >= 4 is 23.1 Å². The third-order valence-corrected chi connectivity index (χ3v) is 8.53. The smallest absolute Gasteiger partial charge is 0.310 e. The van der Waals surface area contributed by atoms with Crippen LogP contribution >= 0.6 is 11.3 Å². The highest BCUT2D eigenvalue weighted by atomic mass is 32.1. The lowest BCUT2D eigenvalue weighted by Gasteiger charge is -2.31. The summed E-state index contributed by atoms with van der Waals surface area (Å²) < 4.78 is 2.34. The summed E-state index contributed by atoms with van der Waals surface area (Å²) >= 11 is 1.92. The molecule has 0 spiro atoms. The van der Waals surface area contributed by atoms with Gasteiger partial charge in [-0.3, -0.25) is 0 Å². The van der Waals surface area contributed by atoms with E-state index in [4.69, 9.17) is 0 Å². The number of rotatable bonds is 3. The third-order valence-electron chi connectivity index (χ3n) is 7.19. The number of thiophene rings is 1. The van der Waals surface area contributed by atoms with Gasteiger partial charge in [-0.25, -0.2) is 4.79 Å². The van der Waals surface area contributed by atoms with E-state index in [1.165, 1.54) is 33.8 Å². The highest BCUT2D eigenvalue weighted by Crippen LogP contribution is 2.44. The predicted molar refractivity (Wildman–Crippen MR) is 139 cm³/mol. The second-order valence-corrected chi connectivity index (χ2v) is 10.3. The maximum Gasteiger partial charge on any atom is 0.322 e. The number of benzene rings is 2. The molecule has 0 saturated heterocycles. The van der Waals surface area contributed by atoms with Gasteiger partial charge in [-0.05, 0) is 67.0 Å². The first-order valence-corrected chi connectivity index (χ1v) is 13.1. The van der Waals surface area contributed by atoms with Gasteiger partial charge in [0.15, 0.2) is 0 Å². The molecule has 0 unspecified atom stereocenters. The number of anilines is 1. The van der Waals surface area contributed by atoms with E-state index in [0.29, 0.717) is 6.54 Å². The molecule has 172 valence electrons. The second kappa shape index (κ2) is 8.80. The molecule has 34 heavy (non-hydrogen) atoms. The average molecular weight is 468 g/mol. The van der Waals surface area contributed by atoms with Crippen LogP contribution in [-0.2, 0) is 25.8 Å². The summed E-state index contributed by atoms with van der Waals surface area (Å²) in [7, 11) is 0. The second-order valence-electron chi connectivity index (χ2n) is 9.18. The fourth-order valence-corrected chi connectivity index (χ4v) is 6.91. The fraction of sp³-hybridized carbons (Fsp3) is 0.276. The van der Waals surface area contributed by atoms with Gasteiger partial charge in [0, 0.05) is 22.3 Å². The summed E-state index contributed by atoms with van der Waals surface area (Å²) in [5, 5.41) is 4.55. The van der Waals surface area contributed by atoms with Gasteiger partial charge in [-0.1, -0.05) is 55.5 Å². The van der Waals surface area contributed by atoms with Gasteiger partial charge in [-0.2, -0.15) is 0 Å². The fourth-order valence-electron chi connectivity index (χ4n) is 5.51. The van der Waals surface area contributed by atoms with Crippen molar-refractivity contribution in [1.29, 1.82) is 0 Å². The van der Waals surface area contributed by atoms with Crippen molar-refractivity contribution in [2.24, 2.45) is 0 Å². The Labute approximate surface area is 204 Å². The van der Waals surface area contributed by atoms with Crippen LogP contribution in [0.15, 0.2) is 72.9 Å². The Morgan fingerprint density at radius 3 is 2.62 bits per heavy atom. The minimum Gasteiger partial charge on any atom is -0.310 e. The number of aryl methyl sites for hydroxylation is 2. The maximum atomic E-state index is 14.0. The molecule has 2 aromatic carbocycles. The number of fused-ring (bicyclic) bond motifs is 5. The zero-order chi connectivity index (χ0) is 23.1. The van der Waals surface area contributed by atoms with Crippen LogP contribution in [0.1, 0.15) is 58.6 Å². The summed E-state index contributed by atoms with van der Waals surface area (Å²) in [5.74, 6) is 0. The molecule has 2 amide bonds. The summed E-state index contributed by atoms with van der Waals surface area (Å²) in [6, 6.07) is 22.6. The van der Waals surface area contributed by atoms with Crippen molar-refractivity contribution in [2.45, 2.75) is 51.6 Å². The number of nitrogens with zero attached hydrogens (tertiary/aromatic N) is 2. The Hall–Kier alpha value is -3.31. The number of amides is 2. The zero-order valence-corrected chi connectivity index (χ0v) is 20.3. The van der Waals surface area contributed by atoms with Crippen molar-refractivity contribution < 1.29 is 4.79 Å². The van der Waals surface area contributed by atoms with Gasteiger partial charge >= 0.3 is 6.03 Å². The van der Waals surface area contributed by atoms with Crippen LogP contribution in [0.4, 0.5) is 10.5 Å². The first-order chi connectivity index (χ1) is 16.7. The van der Waals surface area contributed by atoms with E-state index in [-0.39, 0.29) is 12.1 Å². The topological polar surface area (TPSA) is 37.3 Å². The standard InChI is InChI=1S/C29H29N3OS/c1-2-20-11-6-8-15-24(20)30-29(33)32-19-23-22-14-7-9-17-26(22)34-28(23)31-18-10-16-25(31)27(32)21-12-4-3-5-13-21/h3-6,8,10-13,15-16,18,27H,2,7,9,14,17,19H2,1H3,(H,30,33)/t27-/m1/s1. The number of carbonyl (C=O) groups excluding carboxylic acids is 1. The van der Waals surface area contributed by atoms with E-state index in [1.807, 2.05) is 40.5 Å². The van der Waals surface area contributed by atoms with Crippen molar-refractivity contribution in [2.75, 3.05) is 5.32 Å². The summed E-state index contributed by atoms with van der Waals surface area (Å²) in [6.07, 6.45) is 7.80. The number of para-hydroxylation sites is 1. The van der Waals surface area contributed by atoms with E-state index in [9.17, 15) is 4.79 Å². The van der Waals surface area contributed by atoms with E-state index >= 15 is 0 Å². The van der Waals surface area contributed by atoms with Gasteiger partial charge in [0.05, 0.1) is 18.3 Å². The molecule has 2 aromatic heterocycles. The lowest BCUT2D eigenvalue weighted by Crippen LogP contribution is -2.38. The molecule has 0 radical (unpaired) electrons. The molecule has 1 aliphatic heterocycles. The first kappa shape index (κ1) is 21.2. The van der Waals surface area contributed by atoms with E-state index in [2.05, 4.69) is 65.5 Å². The zero-order valence-electron chi connectivity index (χ0n) is 19.5. The maximum absolute atomic E-state index is 14.0. The number of nitrogens with one attached hydrogen (secondary N) is 1. The Morgan fingerprint density at radius 2 is 1.76 bits per heavy atom. The molecule has 4 nitrogen and oxygen atoms in total. The number of hydrogen-bond acceptors (Lipinski definition) is 2. The Balaban J connectivity index is 1.49. The number of urea groups is 1.